The lowest BCUT2D eigenvalue weighted by molar-refractivity contribution is 0.0490. The van der Waals surface area contributed by atoms with E-state index in [2.05, 4.69) is 86.0 Å². The topological polar surface area (TPSA) is 105 Å². The van der Waals surface area contributed by atoms with Gasteiger partial charge in [-0.3, -0.25) is 0 Å². The van der Waals surface area contributed by atoms with Gasteiger partial charge in [0.1, 0.15) is 24.0 Å². The molecule has 0 radical (unpaired) electrons. The van der Waals surface area contributed by atoms with Crippen molar-refractivity contribution in [3.8, 4) is 117 Å². The number of hydrogen-bond acceptors (Lipinski definition) is 7. The second kappa shape index (κ2) is 15.9. The standard InChI is InChI=1S/C38H23N3O4/c1-3-5-7-8-9-10-12-18-28(17-11-6-4-2)27-45-38(44)30-25-23-29(24-26-30)35-39-36(31-19-13-15-21-33(31)42)41-37(40-35)32-20-14-16-22-34(32)43/h13-16,19-26,28,42-43H,27H2,1-2H3. The van der Waals surface area contributed by atoms with E-state index in [9.17, 15) is 15.0 Å². The van der Waals surface area contributed by atoms with Crippen molar-refractivity contribution < 1.29 is 19.7 Å². The van der Waals surface area contributed by atoms with Crippen LogP contribution in [0.3, 0.4) is 0 Å². The number of phenols is 2. The molecule has 3 aromatic carbocycles. The highest BCUT2D eigenvalue weighted by atomic mass is 16.5. The van der Waals surface area contributed by atoms with Crippen molar-refractivity contribution in [2.75, 3.05) is 6.61 Å². The molecule has 0 saturated heterocycles. The van der Waals surface area contributed by atoms with E-state index in [1.54, 1.807) is 74.5 Å². The second-order valence-corrected chi connectivity index (χ2v) is 8.86. The first kappa shape index (κ1) is 31.0. The summed E-state index contributed by atoms with van der Waals surface area (Å²) in [4.78, 5) is 26.5. The predicted octanol–water partition coefficient (Wildman–Crippen LogP) is 5.12. The Morgan fingerprint density at radius 1 is 0.644 bits per heavy atom. The average Bonchev–Trinajstić information content (AvgIpc) is 3.06. The van der Waals surface area contributed by atoms with Gasteiger partial charge in [0.05, 0.1) is 16.7 Å². The molecule has 1 unspecified atom stereocenters. The molecule has 0 spiro atoms. The molecule has 45 heavy (non-hydrogen) atoms. The summed E-state index contributed by atoms with van der Waals surface area (Å²) in [5.41, 5.74) is 1.65. The molecule has 4 rings (SSSR count). The predicted molar refractivity (Wildman–Crippen MR) is 171 cm³/mol. The summed E-state index contributed by atoms with van der Waals surface area (Å²) in [6.45, 7) is 3.25. The summed E-state index contributed by atoms with van der Waals surface area (Å²) >= 11 is 0. The minimum atomic E-state index is -0.613. The molecule has 0 aliphatic heterocycles. The highest BCUT2D eigenvalue weighted by Crippen LogP contribution is 2.32. The van der Waals surface area contributed by atoms with Crippen LogP contribution in [0.15, 0.2) is 72.8 Å². The van der Waals surface area contributed by atoms with Gasteiger partial charge < -0.3 is 14.9 Å². The van der Waals surface area contributed by atoms with Gasteiger partial charge in [-0.05, 0) is 97.6 Å². The van der Waals surface area contributed by atoms with E-state index in [1.807, 2.05) is 0 Å². The van der Waals surface area contributed by atoms with E-state index < -0.39 is 11.9 Å². The third-order valence-electron chi connectivity index (χ3n) is 5.80. The summed E-state index contributed by atoms with van der Waals surface area (Å²) in [5.74, 6) is 31.4. The van der Waals surface area contributed by atoms with Gasteiger partial charge in [-0.25, -0.2) is 19.7 Å². The molecule has 1 heterocycles. The lowest BCUT2D eigenvalue weighted by Gasteiger charge is -2.10. The highest BCUT2D eigenvalue weighted by molar-refractivity contribution is 5.90. The van der Waals surface area contributed by atoms with Crippen molar-refractivity contribution in [1.29, 1.82) is 0 Å². The highest BCUT2D eigenvalue weighted by Gasteiger charge is 2.17. The largest absolute Gasteiger partial charge is 0.507 e. The molecule has 0 saturated carbocycles. The molecule has 214 valence electrons. The molecule has 0 amide bonds. The molecule has 1 atom stereocenters. The van der Waals surface area contributed by atoms with Gasteiger partial charge in [-0.1, -0.05) is 60.1 Å². The lowest BCUT2D eigenvalue weighted by Crippen LogP contribution is -2.12. The summed E-state index contributed by atoms with van der Waals surface area (Å²) in [6.07, 6.45) is 0. The van der Waals surface area contributed by atoms with Crippen LogP contribution in [-0.4, -0.2) is 37.7 Å². The number of aromatic hydroxyl groups is 2. The summed E-state index contributed by atoms with van der Waals surface area (Å²) < 4.78 is 5.47. The Morgan fingerprint density at radius 3 is 1.67 bits per heavy atom. The smallest absolute Gasteiger partial charge is 0.338 e. The Hall–Kier alpha value is -6.90. The monoisotopic (exact) mass is 585 g/mol. The van der Waals surface area contributed by atoms with Crippen LogP contribution >= 0.6 is 0 Å². The quantitative estimate of drug-likeness (QED) is 0.239. The normalized spacial score (nSPS) is 9.64. The van der Waals surface area contributed by atoms with Gasteiger partial charge in [0.15, 0.2) is 17.5 Å². The number of phenolic OH excluding ortho intramolecular Hbond substituents is 2. The molecular formula is C38H23N3O4. The molecule has 0 aliphatic carbocycles. The maximum atomic E-state index is 12.9. The molecule has 7 heteroatoms. The number of para-hydroxylation sites is 2. The van der Waals surface area contributed by atoms with Gasteiger partial charge in [0, 0.05) is 5.56 Å². The minimum absolute atomic E-state index is 0.00653. The van der Waals surface area contributed by atoms with E-state index >= 15 is 0 Å². The average molecular weight is 586 g/mol. The Labute approximate surface area is 261 Å². The fourth-order valence-electron chi connectivity index (χ4n) is 3.68. The van der Waals surface area contributed by atoms with E-state index in [4.69, 9.17) is 4.74 Å². The van der Waals surface area contributed by atoms with Crippen molar-refractivity contribution >= 4 is 5.97 Å². The van der Waals surface area contributed by atoms with Crippen LogP contribution < -0.4 is 0 Å². The van der Waals surface area contributed by atoms with Crippen LogP contribution in [0.1, 0.15) is 24.2 Å². The van der Waals surface area contributed by atoms with Gasteiger partial charge in [-0.15, -0.1) is 0 Å². The summed E-state index contributed by atoms with van der Waals surface area (Å²) in [6, 6.07) is 19.8. The van der Waals surface area contributed by atoms with Gasteiger partial charge in [0.2, 0.25) is 0 Å². The fraction of sp³-hybridized carbons (Fsp3) is 0.105. The van der Waals surface area contributed by atoms with Crippen molar-refractivity contribution in [3.63, 3.8) is 0 Å². The number of hydrogen-bond donors (Lipinski definition) is 2. The van der Waals surface area contributed by atoms with Crippen LogP contribution in [0.2, 0.25) is 0 Å². The maximum absolute atomic E-state index is 12.9. The fourth-order valence-corrected chi connectivity index (χ4v) is 3.68. The SMILES string of the molecule is CC#CC#CC#CC#CC(C#CC#CC)COC(=O)c1ccc(-c2nc(-c3ccccc3O)nc(-c3ccccc3O)n2)cc1. The van der Waals surface area contributed by atoms with Crippen LogP contribution in [0, 0.1) is 77.0 Å². The van der Waals surface area contributed by atoms with Crippen molar-refractivity contribution in [1.82, 2.24) is 15.0 Å². The third-order valence-corrected chi connectivity index (χ3v) is 5.80. The summed E-state index contributed by atoms with van der Waals surface area (Å²) in [7, 11) is 0. The van der Waals surface area contributed by atoms with Gasteiger partial charge in [0.25, 0.3) is 0 Å². The van der Waals surface area contributed by atoms with E-state index in [-0.39, 0.29) is 41.1 Å². The molecular weight excluding hydrogens is 562 g/mol. The first-order valence-electron chi connectivity index (χ1n) is 13.4. The van der Waals surface area contributed by atoms with Crippen LogP contribution in [0.5, 0.6) is 11.5 Å². The molecule has 0 bridgehead atoms. The van der Waals surface area contributed by atoms with Crippen LogP contribution in [0.4, 0.5) is 0 Å². The number of carbonyl (C=O) groups is 1. The molecule has 2 N–H and O–H groups in total. The number of carbonyl (C=O) groups excluding carboxylic acids is 1. The number of ether oxygens (including phenoxy) is 1. The Morgan fingerprint density at radius 2 is 1.11 bits per heavy atom. The van der Waals surface area contributed by atoms with Gasteiger partial charge in [-0.2, -0.15) is 0 Å². The number of esters is 1. The van der Waals surface area contributed by atoms with Gasteiger partial charge >= 0.3 is 5.97 Å². The molecule has 4 aromatic rings. The zero-order valence-corrected chi connectivity index (χ0v) is 24.3. The Kier molecular flexibility index (Phi) is 11.0. The first-order chi connectivity index (χ1) is 22.0. The molecule has 7 nitrogen and oxygen atoms in total. The minimum Gasteiger partial charge on any atom is -0.507 e. The van der Waals surface area contributed by atoms with Crippen molar-refractivity contribution in [3.05, 3.63) is 78.4 Å². The second-order valence-electron chi connectivity index (χ2n) is 8.86. The number of benzene rings is 3. The van der Waals surface area contributed by atoms with Crippen molar-refractivity contribution in [2.45, 2.75) is 13.8 Å². The van der Waals surface area contributed by atoms with Crippen molar-refractivity contribution in [2.24, 2.45) is 5.92 Å². The zero-order chi connectivity index (χ0) is 31.9. The molecule has 0 fully saturated rings. The number of aromatic nitrogens is 3. The van der Waals surface area contributed by atoms with Crippen LogP contribution in [0.25, 0.3) is 34.2 Å². The van der Waals surface area contributed by atoms with E-state index in [0.29, 0.717) is 16.7 Å². The Bertz CT molecular complexity index is 2050. The number of rotatable bonds is 6. The first-order valence-corrected chi connectivity index (χ1v) is 13.4. The molecule has 1 aromatic heterocycles. The molecule has 0 aliphatic rings. The lowest BCUT2D eigenvalue weighted by atomic mass is 10.1. The van der Waals surface area contributed by atoms with Crippen LogP contribution in [-0.2, 0) is 4.74 Å². The zero-order valence-electron chi connectivity index (χ0n) is 24.3. The maximum Gasteiger partial charge on any atom is 0.338 e. The summed E-state index contributed by atoms with van der Waals surface area (Å²) in [5, 5.41) is 20.9. The van der Waals surface area contributed by atoms with E-state index in [0.717, 1.165) is 0 Å². The third kappa shape index (κ3) is 8.79. The number of nitrogens with zero attached hydrogens (tertiary/aromatic N) is 3. The Balaban J connectivity index is 1.57. The van der Waals surface area contributed by atoms with E-state index in [1.165, 1.54) is 12.1 Å².